The van der Waals surface area contributed by atoms with E-state index in [1.165, 1.54) is 21.5 Å². The van der Waals surface area contributed by atoms with Crippen molar-refractivity contribution in [2.24, 2.45) is 0 Å². The van der Waals surface area contributed by atoms with Crippen LogP contribution in [0.15, 0.2) is 138 Å². The molecule has 4 nitrogen and oxygen atoms in total. The van der Waals surface area contributed by atoms with Gasteiger partial charge in [0.2, 0.25) is 0 Å². The van der Waals surface area contributed by atoms with Crippen molar-refractivity contribution in [2.75, 3.05) is 0 Å². The predicted octanol–water partition coefficient (Wildman–Crippen LogP) is 7.95. The number of rotatable bonds is 3. The smallest absolute Gasteiger partial charge is 0.160 e. The molecule has 0 N–H and O–H groups in total. The lowest BCUT2D eigenvalue weighted by Crippen LogP contribution is -2.00. The van der Waals surface area contributed by atoms with Gasteiger partial charge >= 0.3 is 0 Å². The number of fused-ring (bicyclic) bond motifs is 8. The highest BCUT2D eigenvalue weighted by Crippen LogP contribution is 2.40. The molecular weight excluding hydrogens is 543 g/mol. The summed E-state index contributed by atoms with van der Waals surface area (Å²) in [6.45, 7) is 0. The van der Waals surface area contributed by atoms with E-state index in [1.54, 1.807) is 0 Å². The minimum absolute atomic E-state index is 0.714. The first kappa shape index (κ1) is 24.1. The van der Waals surface area contributed by atoms with Crippen LogP contribution in [0.2, 0.25) is 0 Å². The van der Waals surface area contributed by atoms with Gasteiger partial charge in [-0.05, 0) is 48.5 Å². The summed E-state index contributed by atoms with van der Waals surface area (Å²) in [7, 11) is 0.997. The maximum absolute atomic E-state index is 6.54. The van der Waals surface area contributed by atoms with Crippen LogP contribution in [0, 0.1) is 0 Å². The Bertz CT molecular complexity index is 2510. The SMILES string of the molecule is [SiH3]c1ccc2c(c1)c1ccc3c4ccccc4oc3c1n2-c1ccc(-c2nc(-c3ccccc3)c3ccccc3n2)cc1. The zero-order chi connectivity index (χ0) is 28.5. The lowest BCUT2D eigenvalue weighted by Gasteiger charge is -2.11. The minimum Gasteiger partial charge on any atom is -0.454 e. The summed E-state index contributed by atoms with van der Waals surface area (Å²) < 4.78 is 8.89. The van der Waals surface area contributed by atoms with Gasteiger partial charge in [0.1, 0.15) is 5.58 Å². The highest BCUT2D eigenvalue weighted by molar-refractivity contribution is 6.34. The average molecular weight is 568 g/mol. The second-order valence-corrected chi connectivity index (χ2v) is 12.3. The van der Waals surface area contributed by atoms with E-state index in [9.17, 15) is 0 Å². The van der Waals surface area contributed by atoms with Crippen LogP contribution in [0.4, 0.5) is 0 Å². The maximum Gasteiger partial charge on any atom is 0.160 e. The van der Waals surface area contributed by atoms with Crippen LogP contribution in [0.5, 0.6) is 0 Å². The van der Waals surface area contributed by atoms with E-state index in [2.05, 4.69) is 108 Å². The second kappa shape index (κ2) is 9.24. The summed E-state index contributed by atoms with van der Waals surface area (Å²) in [6, 6.07) is 46.7. The maximum atomic E-state index is 6.54. The van der Waals surface area contributed by atoms with Crippen LogP contribution < -0.4 is 5.19 Å². The first-order chi connectivity index (χ1) is 21.2. The van der Waals surface area contributed by atoms with Gasteiger partial charge in [0.15, 0.2) is 11.4 Å². The molecule has 5 heteroatoms. The molecule has 0 aliphatic rings. The van der Waals surface area contributed by atoms with Gasteiger partial charge in [0.05, 0.1) is 22.2 Å². The fourth-order valence-corrected chi connectivity index (χ4v) is 6.90. The molecule has 0 unspecified atom stereocenters. The number of benzene rings is 6. The van der Waals surface area contributed by atoms with E-state index in [4.69, 9.17) is 14.4 Å². The lowest BCUT2D eigenvalue weighted by molar-refractivity contribution is 0.671. The fraction of sp³-hybridized carbons (Fsp3) is 0. The average Bonchev–Trinajstić information content (AvgIpc) is 3.60. The zero-order valence-electron chi connectivity index (χ0n) is 23.5. The predicted molar refractivity (Wildman–Crippen MR) is 182 cm³/mol. The normalized spacial score (nSPS) is 11.9. The lowest BCUT2D eigenvalue weighted by atomic mass is 10.1. The molecule has 0 atom stereocenters. The van der Waals surface area contributed by atoms with E-state index in [0.717, 1.165) is 71.1 Å². The third-order valence-corrected chi connectivity index (χ3v) is 9.08. The van der Waals surface area contributed by atoms with Crippen molar-refractivity contribution >= 4 is 70.1 Å². The largest absolute Gasteiger partial charge is 0.454 e. The third kappa shape index (κ3) is 3.68. The van der Waals surface area contributed by atoms with Crippen LogP contribution in [0.3, 0.4) is 0 Å². The molecule has 202 valence electrons. The molecule has 9 aromatic rings. The molecule has 0 saturated heterocycles. The number of furan rings is 1. The highest BCUT2D eigenvalue weighted by Gasteiger charge is 2.19. The van der Waals surface area contributed by atoms with Gasteiger partial charge in [-0.2, -0.15) is 0 Å². The summed E-state index contributed by atoms with van der Waals surface area (Å²) in [5.74, 6) is 0.714. The van der Waals surface area contributed by atoms with Crippen LogP contribution in [0.1, 0.15) is 0 Å². The molecule has 3 heterocycles. The van der Waals surface area contributed by atoms with Crippen molar-refractivity contribution in [3.63, 3.8) is 0 Å². The Labute approximate surface area is 250 Å². The van der Waals surface area contributed by atoms with Gasteiger partial charge in [-0.15, -0.1) is 0 Å². The molecule has 0 bridgehead atoms. The van der Waals surface area contributed by atoms with Crippen LogP contribution in [-0.4, -0.2) is 24.8 Å². The number of hydrogen-bond donors (Lipinski definition) is 0. The topological polar surface area (TPSA) is 43.9 Å². The zero-order valence-corrected chi connectivity index (χ0v) is 25.5. The Morgan fingerprint density at radius 2 is 1.30 bits per heavy atom. The summed E-state index contributed by atoms with van der Waals surface area (Å²) in [4.78, 5) is 10.0. The van der Waals surface area contributed by atoms with Gasteiger partial charge in [0.25, 0.3) is 0 Å². The van der Waals surface area contributed by atoms with Crippen molar-refractivity contribution < 1.29 is 4.42 Å². The van der Waals surface area contributed by atoms with Crippen molar-refractivity contribution in [1.29, 1.82) is 0 Å². The van der Waals surface area contributed by atoms with Crippen molar-refractivity contribution in [3.05, 3.63) is 133 Å². The van der Waals surface area contributed by atoms with Crippen LogP contribution in [-0.2, 0) is 0 Å². The van der Waals surface area contributed by atoms with Crippen LogP contribution >= 0.6 is 0 Å². The molecule has 43 heavy (non-hydrogen) atoms. The highest BCUT2D eigenvalue weighted by atomic mass is 28.1. The molecule has 0 saturated carbocycles. The molecular formula is C38H25N3OSi. The molecule has 0 radical (unpaired) electrons. The van der Waals surface area contributed by atoms with E-state index >= 15 is 0 Å². The van der Waals surface area contributed by atoms with E-state index in [-0.39, 0.29) is 0 Å². The molecule has 0 spiro atoms. The number of hydrogen-bond acceptors (Lipinski definition) is 3. The Morgan fingerprint density at radius 3 is 2.16 bits per heavy atom. The van der Waals surface area contributed by atoms with Crippen LogP contribution in [0.25, 0.3) is 83.0 Å². The van der Waals surface area contributed by atoms with Crippen molar-refractivity contribution in [3.8, 4) is 28.3 Å². The Balaban J connectivity index is 1.26. The fourth-order valence-electron chi connectivity index (χ4n) is 6.44. The van der Waals surface area contributed by atoms with Gasteiger partial charge in [-0.3, -0.25) is 0 Å². The molecule has 9 rings (SSSR count). The first-order valence-corrected chi connectivity index (χ1v) is 15.5. The molecule has 0 aliphatic carbocycles. The quantitative estimate of drug-likeness (QED) is 0.204. The molecule has 3 aromatic heterocycles. The molecule has 0 fully saturated rings. The Hall–Kier alpha value is -5.52. The standard InChI is InChI=1S/C38H25N3OSi/c43-26-18-21-33-31(22-26)28-19-20-29-27-10-5-7-13-34(27)42-37(29)36(28)41(33)25-16-14-24(15-17-25)38-39-32-12-6-4-11-30(32)35(40-38)23-8-2-1-3-9-23/h1-22H,43H3. The second-order valence-electron chi connectivity index (χ2n) is 11.1. The summed E-state index contributed by atoms with van der Waals surface area (Å²) in [5.41, 5.74) is 9.09. The van der Waals surface area contributed by atoms with Crippen molar-refractivity contribution in [2.45, 2.75) is 0 Å². The Kier molecular flexibility index (Phi) is 5.18. The first-order valence-electron chi connectivity index (χ1n) is 14.5. The monoisotopic (exact) mass is 567 g/mol. The van der Waals surface area contributed by atoms with Gasteiger partial charge in [-0.25, -0.2) is 9.97 Å². The summed E-state index contributed by atoms with van der Waals surface area (Å²) in [5, 5.41) is 7.14. The van der Waals surface area contributed by atoms with E-state index in [0.29, 0.717) is 5.82 Å². The van der Waals surface area contributed by atoms with Gasteiger partial charge in [0, 0.05) is 54.0 Å². The van der Waals surface area contributed by atoms with E-state index < -0.39 is 0 Å². The Morgan fingerprint density at radius 1 is 0.558 bits per heavy atom. The third-order valence-electron chi connectivity index (χ3n) is 8.46. The van der Waals surface area contributed by atoms with Crippen molar-refractivity contribution in [1.82, 2.24) is 14.5 Å². The van der Waals surface area contributed by atoms with E-state index in [1.807, 2.05) is 30.3 Å². The molecule has 6 aromatic carbocycles. The minimum atomic E-state index is 0.714. The number of aromatic nitrogens is 3. The number of para-hydroxylation sites is 2. The van der Waals surface area contributed by atoms with Gasteiger partial charge in [-0.1, -0.05) is 90.1 Å². The molecule has 0 amide bonds. The summed E-state index contributed by atoms with van der Waals surface area (Å²) in [6.07, 6.45) is 0. The number of nitrogens with zero attached hydrogens (tertiary/aromatic N) is 3. The van der Waals surface area contributed by atoms with Gasteiger partial charge < -0.3 is 8.98 Å². The summed E-state index contributed by atoms with van der Waals surface area (Å²) >= 11 is 0. The molecule has 0 aliphatic heterocycles.